The first kappa shape index (κ1) is 20.8. The molecule has 3 rings (SSSR count). The zero-order valence-corrected chi connectivity index (χ0v) is 19.2. The van der Waals surface area contributed by atoms with E-state index in [2.05, 4.69) is 36.7 Å². The van der Waals surface area contributed by atoms with Crippen LogP contribution in [0.2, 0.25) is 5.02 Å². The monoisotopic (exact) mass is 518 g/mol. The number of halogens is 2. The van der Waals surface area contributed by atoms with Crippen LogP contribution in [-0.2, 0) is 10.5 Å². The second-order valence-electron chi connectivity index (χ2n) is 4.97. The van der Waals surface area contributed by atoms with Gasteiger partial charge in [0.25, 0.3) is 5.91 Å². The van der Waals surface area contributed by atoms with Crippen molar-refractivity contribution in [3.63, 3.8) is 0 Å². The minimum Gasteiger partial charge on any atom is -0.272 e. The largest absolute Gasteiger partial charge is 0.272 e. The number of nitrogens with one attached hydrogen (secondary N) is 1. The third-order valence-electron chi connectivity index (χ3n) is 2.97. The molecule has 0 unspecified atom stereocenters. The Balaban J connectivity index is 1.40. The number of nitrogens with zero attached hydrogens (tertiary/aromatic N) is 3. The molecule has 0 bridgehead atoms. The van der Waals surface area contributed by atoms with Crippen molar-refractivity contribution in [2.45, 2.75) is 14.4 Å². The topological polar surface area (TPSA) is 67.2 Å². The number of rotatable bonds is 8. The zero-order chi connectivity index (χ0) is 19.1. The molecule has 1 aromatic carbocycles. The number of benzene rings is 1. The van der Waals surface area contributed by atoms with Crippen LogP contribution < -0.4 is 5.43 Å². The maximum Gasteiger partial charge on any atom is 0.250 e. The van der Waals surface area contributed by atoms with Gasteiger partial charge in [-0.15, -0.1) is 21.5 Å². The highest BCUT2D eigenvalue weighted by atomic mass is 79.9. The first-order valence-corrected chi connectivity index (χ1v) is 12.3. The van der Waals surface area contributed by atoms with Crippen molar-refractivity contribution >= 4 is 85.9 Å². The standard InChI is InChI=1S/C16H12BrClN4OS4/c17-13-6-5-12(26-13)7-19-20-14(23)9-25-16-22-21-15(27-16)24-8-10-1-3-11(18)4-2-10/h1-7H,8-9H2,(H,20,23)/b19-7-. The van der Waals surface area contributed by atoms with E-state index in [9.17, 15) is 4.79 Å². The summed E-state index contributed by atoms with van der Waals surface area (Å²) in [7, 11) is 0. The van der Waals surface area contributed by atoms with Crippen LogP contribution in [0.25, 0.3) is 0 Å². The summed E-state index contributed by atoms with van der Waals surface area (Å²) in [6.07, 6.45) is 1.62. The van der Waals surface area contributed by atoms with Crippen LogP contribution in [0.1, 0.15) is 10.4 Å². The lowest BCUT2D eigenvalue weighted by atomic mass is 10.2. The van der Waals surface area contributed by atoms with Gasteiger partial charge in [0, 0.05) is 15.7 Å². The molecule has 0 atom stereocenters. The van der Waals surface area contributed by atoms with Gasteiger partial charge in [0.05, 0.1) is 15.8 Å². The highest BCUT2D eigenvalue weighted by Gasteiger charge is 2.08. The van der Waals surface area contributed by atoms with E-state index >= 15 is 0 Å². The van der Waals surface area contributed by atoms with E-state index in [4.69, 9.17) is 11.6 Å². The lowest BCUT2D eigenvalue weighted by molar-refractivity contribution is -0.118. The average Bonchev–Trinajstić information content (AvgIpc) is 3.28. The number of aromatic nitrogens is 2. The number of amides is 1. The predicted octanol–water partition coefficient (Wildman–Crippen LogP) is 5.55. The van der Waals surface area contributed by atoms with Crippen LogP contribution in [-0.4, -0.2) is 28.1 Å². The van der Waals surface area contributed by atoms with Gasteiger partial charge in [-0.2, -0.15) is 5.10 Å². The Bertz CT molecular complexity index is 929. The van der Waals surface area contributed by atoms with E-state index in [1.54, 1.807) is 29.3 Å². The maximum absolute atomic E-state index is 11.8. The highest BCUT2D eigenvalue weighted by molar-refractivity contribution is 9.11. The first-order valence-electron chi connectivity index (χ1n) is 7.49. The summed E-state index contributed by atoms with van der Waals surface area (Å²) in [6.45, 7) is 0. The molecule has 5 nitrogen and oxygen atoms in total. The quantitative estimate of drug-likeness (QED) is 0.240. The Labute approximate surface area is 186 Å². The first-order chi connectivity index (χ1) is 13.1. The molecule has 0 radical (unpaired) electrons. The van der Waals surface area contributed by atoms with Crippen molar-refractivity contribution < 1.29 is 4.79 Å². The Morgan fingerprint density at radius 3 is 2.59 bits per heavy atom. The van der Waals surface area contributed by atoms with E-state index in [0.29, 0.717) is 0 Å². The van der Waals surface area contributed by atoms with Crippen molar-refractivity contribution in [3.05, 3.63) is 55.6 Å². The number of carbonyl (C=O) groups is 1. The summed E-state index contributed by atoms with van der Waals surface area (Å²) in [4.78, 5) is 12.8. The fourth-order valence-electron chi connectivity index (χ4n) is 1.76. The molecule has 1 N–H and O–H groups in total. The van der Waals surface area contributed by atoms with Crippen molar-refractivity contribution in [1.82, 2.24) is 15.6 Å². The smallest absolute Gasteiger partial charge is 0.250 e. The van der Waals surface area contributed by atoms with Crippen molar-refractivity contribution in [3.8, 4) is 0 Å². The minimum atomic E-state index is -0.183. The molecule has 0 aliphatic heterocycles. The minimum absolute atomic E-state index is 0.183. The summed E-state index contributed by atoms with van der Waals surface area (Å²) in [5, 5.41) is 12.9. The van der Waals surface area contributed by atoms with Crippen molar-refractivity contribution in [2.75, 3.05) is 5.75 Å². The Hall–Kier alpha value is -0.910. The van der Waals surface area contributed by atoms with Gasteiger partial charge in [-0.05, 0) is 45.8 Å². The molecule has 1 amide bonds. The van der Waals surface area contributed by atoms with Gasteiger partial charge in [0.1, 0.15) is 0 Å². The van der Waals surface area contributed by atoms with E-state index in [1.807, 2.05) is 36.4 Å². The van der Waals surface area contributed by atoms with Gasteiger partial charge in [0.15, 0.2) is 8.68 Å². The average molecular weight is 520 g/mol. The van der Waals surface area contributed by atoms with Gasteiger partial charge in [0.2, 0.25) is 0 Å². The van der Waals surface area contributed by atoms with Crippen LogP contribution in [0, 0.1) is 0 Å². The number of carbonyl (C=O) groups excluding carboxylic acids is 1. The zero-order valence-electron chi connectivity index (χ0n) is 13.6. The molecule has 0 fully saturated rings. The SMILES string of the molecule is O=C(CSc1nnc(SCc2ccc(Cl)cc2)s1)N/N=C\c1ccc(Br)s1. The fraction of sp³-hybridized carbons (Fsp3) is 0.125. The summed E-state index contributed by atoms with van der Waals surface area (Å²) in [5.41, 5.74) is 3.68. The van der Waals surface area contributed by atoms with Crippen LogP contribution >= 0.6 is 73.7 Å². The molecular formula is C16H12BrClN4OS4. The lowest BCUT2D eigenvalue weighted by Gasteiger charge is -1.98. The Morgan fingerprint density at radius 2 is 1.89 bits per heavy atom. The molecule has 140 valence electrons. The van der Waals surface area contributed by atoms with Gasteiger partial charge in [-0.1, -0.05) is 58.6 Å². The van der Waals surface area contributed by atoms with Gasteiger partial charge in [-0.3, -0.25) is 4.79 Å². The van der Waals surface area contributed by atoms with Gasteiger partial charge >= 0.3 is 0 Å². The summed E-state index contributed by atoms with van der Waals surface area (Å²) < 4.78 is 2.65. The maximum atomic E-state index is 11.8. The van der Waals surface area contributed by atoms with E-state index in [-0.39, 0.29) is 11.7 Å². The third-order valence-corrected chi connectivity index (χ3v) is 8.04. The summed E-state index contributed by atoms with van der Waals surface area (Å²) in [5.74, 6) is 0.851. The Kier molecular flexibility index (Phi) is 8.16. The molecule has 2 aromatic heterocycles. The molecule has 0 saturated carbocycles. The van der Waals surface area contributed by atoms with Crippen molar-refractivity contribution in [2.24, 2.45) is 5.10 Å². The van der Waals surface area contributed by atoms with Crippen LogP contribution in [0.3, 0.4) is 0 Å². The Morgan fingerprint density at radius 1 is 1.15 bits per heavy atom. The van der Waals surface area contributed by atoms with Crippen LogP contribution in [0.15, 0.2) is 54.0 Å². The summed E-state index contributed by atoms with van der Waals surface area (Å²) >= 11 is 15.2. The molecule has 2 heterocycles. The molecule has 3 aromatic rings. The predicted molar refractivity (Wildman–Crippen MR) is 119 cm³/mol. The second kappa shape index (κ2) is 10.6. The molecule has 0 aliphatic rings. The van der Waals surface area contributed by atoms with Crippen LogP contribution in [0.5, 0.6) is 0 Å². The lowest BCUT2D eigenvalue weighted by Crippen LogP contribution is -2.19. The molecule has 0 aliphatic carbocycles. The van der Waals surface area contributed by atoms with Gasteiger partial charge < -0.3 is 0 Å². The number of hydrogen-bond acceptors (Lipinski definition) is 8. The summed E-state index contributed by atoms with van der Waals surface area (Å²) in [6, 6.07) is 11.6. The molecular weight excluding hydrogens is 508 g/mol. The number of hydrazone groups is 1. The number of thiophene rings is 1. The molecule has 0 saturated heterocycles. The fourth-order valence-corrected chi connectivity index (χ4v) is 5.95. The van der Waals surface area contributed by atoms with E-state index < -0.39 is 0 Å². The van der Waals surface area contributed by atoms with E-state index in [1.165, 1.54) is 28.7 Å². The molecule has 11 heteroatoms. The number of thioether (sulfide) groups is 2. The normalized spacial score (nSPS) is 11.2. The molecule has 27 heavy (non-hydrogen) atoms. The number of hydrogen-bond donors (Lipinski definition) is 1. The van der Waals surface area contributed by atoms with E-state index in [0.717, 1.165) is 28.1 Å². The molecule has 0 spiro atoms. The van der Waals surface area contributed by atoms with Crippen LogP contribution in [0.4, 0.5) is 0 Å². The highest BCUT2D eigenvalue weighted by Crippen LogP contribution is 2.30. The van der Waals surface area contributed by atoms with Gasteiger partial charge in [-0.25, -0.2) is 5.43 Å². The van der Waals surface area contributed by atoms with Crippen molar-refractivity contribution in [1.29, 1.82) is 0 Å². The second-order valence-corrected chi connectivity index (χ2v) is 11.3. The third kappa shape index (κ3) is 7.20.